The fourth-order valence-electron chi connectivity index (χ4n) is 3.83. The van der Waals surface area contributed by atoms with E-state index in [1.165, 1.54) is 0 Å². The highest BCUT2D eigenvalue weighted by molar-refractivity contribution is 5.92. The van der Waals surface area contributed by atoms with E-state index >= 15 is 4.39 Å². The molecule has 1 saturated heterocycles. The van der Waals surface area contributed by atoms with Crippen molar-refractivity contribution in [2.24, 2.45) is 11.1 Å². The number of hydrogen-bond donors (Lipinski definition) is 3. The number of rotatable bonds is 3. The molecule has 1 unspecified atom stereocenters. The number of nitrogens with two attached hydrogens (primary N) is 2. The maximum Gasteiger partial charge on any atom is 0.341 e. The Morgan fingerprint density at radius 3 is 2.47 bits per heavy atom. The number of benzene rings is 1. The molecule has 4 rings (SSSR count). The Morgan fingerprint density at radius 2 is 1.88 bits per heavy atom. The van der Waals surface area contributed by atoms with Crippen molar-refractivity contribution in [1.29, 1.82) is 0 Å². The summed E-state index contributed by atoms with van der Waals surface area (Å²) >= 11 is 0. The zero-order valence-corrected chi connectivity index (χ0v) is 17.2. The van der Waals surface area contributed by atoms with Crippen molar-refractivity contribution < 1.29 is 23.1 Å². The van der Waals surface area contributed by atoms with Crippen LogP contribution in [0.4, 0.5) is 24.7 Å². The number of nitrogen functional groups attached to an aromatic ring is 1. The number of anilines is 2. The lowest BCUT2D eigenvalue weighted by Gasteiger charge is -2.23. The largest absolute Gasteiger partial charge is 0.477 e. The number of halogens is 3. The fraction of sp³-hybridized carbons (Fsp3) is 0.286. The zero-order valence-electron chi connectivity index (χ0n) is 17.2. The van der Waals surface area contributed by atoms with E-state index < -0.39 is 40.1 Å². The highest BCUT2D eigenvalue weighted by Crippen LogP contribution is 2.33. The lowest BCUT2D eigenvalue weighted by molar-refractivity contribution is 0.0695. The van der Waals surface area contributed by atoms with E-state index in [9.17, 15) is 23.5 Å². The summed E-state index contributed by atoms with van der Waals surface area (Å²) in [7, 11) is 0. The number of carbonyl (C=O) groups is 1. The monoisotopic (exact) mass is 447 g/mol. The van der Waals surface area contributed by atoms with Crippen molar-refractivity contribution >= 4 is 28.5 Å². The zero-order chi connectivity index (χ0) is 23.5. The predicted molar refractivity (Wildman–Crippen MR) is 113 cm³/mol. The SMILES string of the molecule is CC1(C)CN(c2nc3c(cc2F)c(=O)c(C(=O)O)cn3-c2cc(N)c(F)cc2F)CC1N. The van der Waals surface area contributed by atoms with Crippen LogP contribution in [-0.4, -0.2) is 39.8 Å². The summed E-state index contributed by atoms with van der Waals surface area (Å²) in [4.78, 5) is 30.1. The summed E-state index contributed by atoms with van der Waals surface area (Å²) in [5.74, 6) is -4.66. The Morgan fingerprint density at radius 1 is 1.19 bits per heavy atom. The molecule has 3 aromatic rings. The maximum absolute atomic E-state index is 15.0. The van der Waals surface area contributed by atoms with Gasteiger partial charge in [0.2, 0.25) is 5.43 Å². The van der Waals surface area contributed by atoms with Gasteiger partial charge in [0.25, 0.3) is 0 Å². The van der Waals surface area contributed by atoms with Crippen molar-refractivity contribution in [3.8, 4) is 5.69 Å². The number of fused-ring (bicyclic) bond motifs is 1. The third-order valence-electron chi connectivity index (χ3n) is 5.79. The average molecular weight is 447 g/mol. The van der Waals surface area contributed by atoms with Gasteiger partial charge in [-0.25, -0.2) is 22.9 Å². The number of nitrogens with zero attached hydrogens (tertiary/aromatic N) is 3. The van der Waals surface area contributed by atoms with E-state index in [1.807, 2.05) is 13.8 Å². The number of hydrogen-bond acceptors (Lipinski definition) is 6. The fourth-order valence-corrected chi connectivity index (χ4v) is 3.83. The summed E-state index contributed by atoms with van der Waals surface area (Å²) in [6.07, 6.45) is 0.858. The Labute approximate surface area is 179 Å². The molecule has 5 N–H and O–H groups in total. The van der Waals surface area contributed by atoms with Gasteiger partial charge in [-0.1, -0.05) is 13.8 Å². The molecule has 0 radical (unpaired) electrons. The van der Waals surface area contributed by atoms with Gasteiger partial charge in [0, 0.05) is 31.4 Å². The molecule has 1 aliphatic rings. The Kier molecular flexibility index (Phi) is 4.88. The van der Waals surface area contributed by atoms with Gasteiger partial charge >= 0.3 is 5.97 Å². The highest BCUT2D eigenvalue weighted by atomic mass is 19.1. The minimum atomic E-state index is -1.60. The molecular weight excluding hydrogens is 427 g/mol. The Balaban J connectivity index is 2.05. The van der Waals surface area contributed by atoms with Gasteiger partial charge in [-0.3, -0.25) is 9.36 Å². The second kappa shape index (κ2) is 7.23. The van der Waals surface area contributed by atoms with Gasteiger partial charge in [0.1, 0.15) is 17.2 Å². The van der Waals surface area contributed by atoms with Crippen LogP contribution < -0.4 is 21.8 Å². The molecule has 0 aliphatic carbocycles. The standard InChI is InChI=1S/C21H20F3N5O3/c1-21(2)8-28(7-16(21)26)19-13(24)3-9-17(30)10(20(31)32)6-29(18(9)27-19)15-5-14(25)11(22)4-12(15)23/h3-6,16H,7-8,25-26H2,1-2H3,(H,31,32). The Hall–Kier alpha value is -3.60. The second-order valence-corrected chi connectivity index (χ2v) is 8.51. The van der Waals surface area contributed by atoms with Gasteiger partial charge in [0.15, 0.2) is 17.3 Å². The minimum Gasteiger partial charge on any atom is -0.477 e. The molecule has 0 saturated carbocycles. The van der Waals surface area contributed by atoms with Crippen molar-refractivity contribution in [3.63, 3.8) is 0 Å². The molecule has 2 aromatic heterocycles. The quantitative estimate of drug-likeness (QED) is 0.526. The summed E-state index contributed by atoms with van der Waals surface area (Å²) in [5, 5.41) is 9.04. The molecule has 0 bridgehead atoms. The number of carboxylic acid groups (broad SMARTS) is 1. The summed E-state index contributed by atoms with van der Waals surface area (Å²) in [6, 6.07) is 2.07. The van der Waals surface area contributed by atoms with Gasteiger partial charge in [-0.2, -0.15) is 0 Å². The predicted octanol–water partition coefficient (Wildman–Crippen LogP) is 2.26. The van der Waals surface area contributed by atoms with E-state index in [1.54, 1.807) is 4.90 Å². The first-order chi connectivity index (χ1) is 14.9. The van der Waals surface area contributed by atoms with E-state index in [0.29, 0.717) is 12.6 Å². The van der Waals surface area contributed by atoms with E-state index in [-0.39, 0.29) is 40.5 Å². The number of carboxylic acids is 1. The number of pyridine rings is 2. The average Bonchev–Trinajstić information content (AvgIpc) is 2.97. The van der Waals surface area contributed by atoms with Crippen LogP contribution in [0.5, 0.6) is 0 Å². The molecule has 1 atom stereocenters. The third-order valence-corrected chi connectivity index (χ3v) is 5.79. The van der Waals surface area contributed by atoms with Crippen molar-refractivity contribution in [2.75, 3.05) is 23.7 Å². The van der Waals surface area contributed by atoms with Gasteiger partial charge in [0.05, 0.1) is 16.8 Å². The molecule has 0 amide bonds. The molecule has 11 heteroatoms. The number of aromatic carboxylic acids is 1. The normalized spacial score (nSPS) is 17.8. The molecule has 0 spiro atoms. The van der Waals surface area contributed by atoms with Crippen molar-refractivity contribution in [3.05, 3.63) is 57.6 Å². The minimum absolute atomic E-state index is 0.120. The van der Waals surface area contributed by atoms with Gasteiger partial charge in [-0.15, -0.1) is 0 Å². The molecular formula is C21H20F3N5O3. The molecule has 32 heavy (non-hydrogen) atoms. The van der Waals surface area contributed by atoms with Crippen molar-refractivity contribution in [1.82, 2.24) is 9.55 Å². The molecule has 1 aromatic carbocycles. The van der Waals surface area contributed by atoms with Crippen LogP contribution in [0.25, 0.3) is 16.7 Å². The molecule has 3 heterocycles. The van der Waals surface area contributed by atoms with Crippen LogP contribution in [0.15, 0.2) is 29.2 Å². The van der Waals surface area contributed by atoms with Crippen LogP contribution in [0.1, 0.15) is 24.2 Å². The third kappa shape index (κ3) is 3.34. The topological polar surface area (TPSA) is 127 Å². The first-order valence-electron chi connectivity index (χ1n) is 9.65. The van der Waals surface area contributed by atoms with Crippen LogP contribution in [0.2, 0.25) is 0 Å². The van der Waals surface area contributed by atoms with E-state index in [2.05, 4.69) is 4.98 Å². The molecule has 1 aliphatic heterocycles. The molecule has 8 nitrogen and oxygen atoms in total. The smallest absolute Gasteiger partial charge is 0.341 e. The molecule has 1 fully saturated rings. The maximum atomic E-state index is 15.0. The van der Waals surface area contributed by atoms with Crippen LogP contribution in [0, 0.1) is 22.9 Å². The Bertz CT molecular complexity index is 1340. The first-order valence-corrected chi connectivity index (χ1v) is 9.65. The summed E-state index contributed by atoms with van der Waals surface area (Å²) in [6.45, 7) is 4.50. The summed E-state index contributed by atoms with van der Waals surface area (Å²) < 4.78 is 44.3. The second-order valence-electron chi connectivity index (χ2n) is 8.51. The van der Waals surface area contributed by atoms with Gasteiger partial charge < -0.3 is 21.5 Å². The van der Waals surface area contributed by atoms with Gasteiger partial charge in [-0.05, 0) is 17.5 Å². The lowest BCUT2D eigenvalue weighted by atomic mass is 9.89. The number of aromatic nitrogens is 2. The van der Waals surface area contributed by atoms with Crippen LogP contribution >= 0.6 is 0 Å². The van der Waals surface area contributed by atoms with Crippen LogP contribution in [0.3, 0.4) is 0 Å². The lowest BCUT2D eigenvalue weighted by Crippen LogP contribution is -2.35. The summed E-state index contributed by atoms with van der Waals surface area (Å²) in [5.41, 5.74) is 8.68. The first kappa shape index (κ1) is 21.6. The molecule has 168 valence electrons. The highest BCUT2D eigenvalue weighted by Gasteiger charge is 2.38. The van der Waals surface area contributed by atoms with Crippen LogP contribution in [-0.2, 0) is 0 Å². The van der Waals surface area contributed by atoms with E-state index in [0.717, 1.165) is 22.9 Å². The van der Waals surface area contributed by atoms with Crippen molar-refractivity contribution in [2.45, 2.75) is 19.9 Å². The van der Waals surface area contributed by atoms with E-state index in [4.69, 9.17) is 11.5 Å².